The van der Waals surface area contributed by atoms with Gasteiger partial charge in [0.2, 0.25) is 0 Å². The van der Waals surface area contributed by atoms with Crippen LogP contribution in [0.2, 0.25) is 0 Å². The molecule has 16 heavy (non-hydrogen) atoms. The lowest BCUT2D eigenvalue weighted by molar-refractivity contribution is 0.509. The van der Waals surface area contributed by atoms with Crippen molar-refractivity contribution in [1.82, 2.24) is 14.8 Å². The first-order valence-corrected chi connectivity index (χ1v) is 5.66. The van der Waals surface area contributed by atoms with E-state index in [2.05, 4.69) is 52.9 Å². The Hall–Kier alpha value is -1.64. The zero-order chi connectivity index (χ0) is 11.4. The third kappa shape index (κ3) is 2.69. The van der Waals surface area contributed by atoms with Gasteiger partial charge in [0.25, 0.3) is 0 Å². The van der Waals surface area contributed by atoms with Crippen molar-refractivity contribution in [3.8, 4) is 0 Å². The molecule has 1 aromatic heterocycles. The van der Waals surface area contributed by atoms with Crippen LogP contribution in [0, 0.1) is 5.92 Å². The fourth-order valence-corrected chi connectivity index (χ4v) is 1.74. The highest BCUT2D eigenvalue weighted by atomic mass is 15.3. The molecule has 0 fully saturated rings. The molecule has 0 aliphatic carbocycles. The van der Waals surface area contributed by atoms with Crippen molar-refractivity contribution in [2.24, 2.45) is 5.92 Å². The highest BCUT2D eigenvalue weighted by molar-refractivity contribution is 5.18. The number of benzene rings is 1. The smallest absolute Gasteiger partial charge is 0.137 e. The molecule has 2 aromatic rings. The molecular weight excluding hydrogens is 198 g/mol. The van der Waals surface area contributed by atoms with Crippen molar-refractivity contribution in [2.45, 2.75) is 26.8 Å². The molecule has 3 heteroatoms. The van der Waals surface area contributed by atoms with Gasteiger partial charge in [-0.05, 0) is 11.5 Å². The second-order valence-electron chi connectivity index (χ2n) is 4.46. The third-order valence-electron chi connectivity index (χ3n) is 2.46. The number of rotatable bonds is 4. The van der Waals surface area contributed by atoms with Crippen molar-refractivity contribution in [2.75, 3.05) is 0 Å². The standard InChI is InChI=1S/C13H17N3/c1-11(2)9-16-10-14-15-13(16)8-12-6-4-3-5-7-12/h3-7,10-11H,8-9H2,1-2H3. The zero-order valence-electron chi connectivity index (χ0n) is 9.80. The van der Waals surface area contributed by atoms with Crippen LogP contribution >= 0.6 is 0 Å². The van der Waals surface area contributed by atoms with Crippen LogP contribution in [0.4, 0.5) is 0 Å². The van der Waals surface area contributed by atoms with Gasteiger partial charge in [-0.25, -0.2) is 0 Å². The fourth-order valence-electron chi connectivity index (χ4n) is 1.74. The van der Waals surface area contributed by atoms with E-state index in [9.17, 15) is 0 Å². The minimum atomic E-state index is 0.616. The molecule has 0 N–H and O–H groups in total. The summed E-state index contributed by atoms with van der Waals surface area (Å²) >= 11 is 0. The van der Waals surface area contributed by atoms with Crippen LogP contribution in [0.1, 0.15) is 25.2 Å². The number of aromatic nitrogens is 3. The maximum atomic E-state index is 4.18. The molecule has 0 spiro atoms. The molecule has 0 bridgehead atoms. The van der Waals surface area contributed by atoms with Crippen molar-refractivity contribution < 1.29 is 0 Å². The second kappa shape index (κ2) is 4.92. The van der Waals surface area contributed by atoms with Crippen LogP contribution in [-0.2, 0) is 13.0 Å². The summed E-state index contributed by atoms with van der Waals surface area (Å²) in [5.41, 5.74) is 1.28. The summed E-state index contributed by atoms with van der Waals surface area (Å²) in [4.78, 5) is 0. The van der Waals surface area contributed by atoms with Gasteiger partial charge in [-0.15, -0.1) is 10.2 Å². The van der Waals surface area contributed by atoms with E-state index in [1.165, 1.54) is 5.56 Å². The average Bonchev–Trinajstić information content (AvgIpc) is 2.66. The molecule has 2 rings (SSSR count). The molecule has 0 atom stereocenters. The third-order valence-corrected chi connectivity index (χ3v) is 2.46. The molecule has 0 aliphatic heterocycles. The highest BCUT2D eigenvalue weighted by Crippen LogP contribution is 2.08. The largest absolute Gasteiger partial charge is 0.317 e. The predicted octanol–water partition coefficient (Wildman–Crippen LogP) is 2.52. The van der Waals surface area contributed by atoms with Crippen molar-refractivity contribution in [1.29, 1.82) is 0 Å². The molecule has 0 aliphatic rings. The Kier molecular flexibility index (Phi) is 3.34. The van der Waals surface area contributed by atoms with Gasteiger partial charge in [0.05, 0.1) is 0 Å². The maximum absolute atomic E-state index is 4.18. The molecule has 0 amide bonds. The minimum Gasteiger partial charge on any atom is -0.317 e. The van der Waals surface area contributed by atoms with Crippen molar-refractivity contribution >= 4 is 0 Å². The Morgan fingerprint density at radius 3 is 2.62 bits per heavy atom. The van der Waals surface area contributed by atoms with E-state index in [1.807, 2.05) is 12.4 Å². The van der Waals surface area contributed by atoms with Crippen LogP contribution in [0.3, 0.4) is 0 Å². The molecule has 1 aromatic carbocycles. The van der Waals surface area contributed by atoms with Crippen LogP contribution in [0.15, 0.2) is 36.7 Å². The predicted molar refractivity (Wildman–Crippen MR) is 64.1 cm³/mol. The highest BCUT2D eigenvalue weighted by Gasteiger charge is 2.06. The van der Waals surface area contributed by atoms with Crippen molar-refractivity contribution in [3.05, 3.63) is 48.0 Å². The van der Waals surface area contributed by atoms with Gasteiger partial charge in [-0.1, -0.05) is 44.2 Å². The summed E-state index contributed by atoms with van der Waals surface area (Å²) in [5.74, 6) is 1.66. The first kappa shape index (κ1) is 10.9. The van der Waals surface area contributed by atoms with E-state index in [1.54, 1.807) is 0 Å². The molecule has 3 nitrogen and oxygen atoms in total. The second-order valence-corrected chi connectivity index (χ2v) is 4.46. The van der Waals surface area contributed by atoms with Gasteiger partial charge < -0.3 is 4.57 Å². The monoisotopic (exact) mass is 215 g/mol. The van der Waals surface area contributed by atoms with Gasteiger partial charge in [-0.3, -0.25) is 0 Å². The maximum Gasteiger partial charge on any atom is 0.137 e. The molecule has 0 saturated heterocycles. The lowest BCUT2D eigenvalue weighted by Crippen LogP contribution is -2.08. The summed E-state index contributed by atoms with van der Waals surface area (Å²) in [5, 5.41) is 8.16. The SMILES string of the molecule is CC(C)Cn1cnnc1Cc1ccccc1. The van der Waals surface area contributed by atoms with E-state index in [-0.39, 0.29) is 0 Å². The average molecular weight is 215 g/mol. The molecule has 0 radical (unpaired) electrons. The zero-order valence-corrected chi connectivity index (χ0v) is 9.80. The van der Waals surface area contributed by atoms with Gasteiger partial charge in [0.1, 0.15) is 12.2 Å². The van der Waals surface area contributed by atoms with E-state index in [0.29, 0.717) is 5.92 Å². The van der Waals surface area contributed by atoms with Gasteiger partial charge in [0.15, 0.2) is 0 Å². The normalized spacial score (nSPS) is 10.9. The summed E-state index contributed by atoms with van der Waals surface area (Å²) in [6, 6.07) is 10.4. The van der Waals surface area contributed by atoms with Gasteiger partial charge in [-0.2, -0.15) is 0 Å². The number of nitrogens with zero attached hydrogens (tertiary/aromatic N) is 3. The van der Waals surface area contributed by atoms with Crippen LogP contribution < -0.4 is 0 Å². The number of hydrogen-bond acceptors (Lipinski definition) is 2. The molecule has 0 unspecified atom stereocenters. The molecular formula is C13H17N3. The van der Waals surface area contributed by atoms with E-state index in [4.69, 9.17) is 0 Å². The molecule has 0 saturated carbocycles. The first-order chi connectivity index (χ1) is 7.75. The Balaban J connectivity index is 2.13. The topological polar surface area (TPSA) is 30.7 Å². The summed E-state index contributed by atoms with van der Waals surface area (Å²) < 4.78 is 2.14. The quantitative estimate of drug-likeness (QED) is 0.784. The first-order valence-electron chi connectivity index (χ1n) is 5.66. The fraction of sp³-hybridized carbons (Fsp3) is 0.385. The van der Waals surface area contributed by atoms with Crippen LogP contribution in [-0.4, -0.2) is 14.8 Å². The lowest BCUT2D eigenvalue weighted by Gasteiger charge is -2.08. The minimum absolute atomic E-state index is 0.616. The number of hydrogen-bond donors (Lipinski definition) is 0. The Labute approximate surface area is 96.1 Å². The summed E-state index contributed by atoms with van der Waals surface area (Å²) in [7, 11) is 0. The molecule has 84 valence electrons. The van der Waals surface area contributed by atoms with Crippen molar-refractivity contribution in [3.63, 3.8) is 0 Å². The molecule has 1 heterocycles. The summed E-state index contributed by atoms with van der Waals surface area (Å²) in [6.45, 7) is 5.38. The van der Waals surface area contributed by atoms with E-state index in [0.717, 1.165) is 18.8 Å². The Bertz CT molecular complexity index is 431. The summed E-state index contributed by atoms with van der Waals surface area (Å²) in [6.07, 6.45) is 2.67. The van der Waals surface area contributed by atoms with E-state index >= 15 is 0 Å². The van der Waals surface area contributed by atoms with Crippen LogP contribution in [0.5, 0.6) is 0 Å². The Morgan fingerprint density at radius 1 is 1.19 bits per heavy atom. The van der Waals surface area contributed by atoms with Crippen LogP contribution in [0.25, 0.3) is 0 Å². The van der Waals surface area contributed by atoms with Gasteiger partial charge in [0, 0.05) is 13.0 Å². The lowest BCUT2D eigenvalue weighted by atomic mass is 10.1. The Morgan fingerprint density at radius 2 is 1.94 bits per heavy atom. The van der Waals surface area contributed by atoms with Gasteiger partial charge >= 0.3 is 0 Å². The van der Waals surface area contributed by atoms with E-state index < -0.39 is 0 Å².